The Balaban J connectivity index is 2.12. The summed E-state index contributed by atoms with van der Waals surface area (Å²) in [5, 5.41) is 0. The molecule has 42 valence electrons. The molecule has 0 aromatic rings. The lowest BCUT2D eigenvalue weighted by Crippen LogP contribution is -2.05. The van der Waals surface area contributed by atoms with Crippen molar-refractivity contribution in [3.8, 4) is 0 Å². The highest BCUT2D eigenvalue weighted by Crippen LogP contribution is 2.27. The summed E-state index contributed by atoms with van der Waals surface area (Å²) < 4.78 is 0.728. The molecule has 1 heterocycles. The van der Waals surface area contributed by atoms with Crippen LogP contribution in [0.25, 0.3) is 0 Å². The molecule has 1 aliphatic heterocycles. The van der Waals surface area contributed by atoms with Gasteiger partial charge in [0.2, 0.25) is 0 Å². The Labute approximate surface area is 60.9 Å². The summed E-state index contributed by atoms with van der Waals surface area (Å²) in [6, 6.07) is 0. The molecule has 1 aliphatic rings. The van der Waals surface area contributed by atoms with Gasteiger partial charge >= 0.3 is 0 Å². The highest BCUT2D eigenvalue weighted by Gasteiger charge is 2.08. The largest absolute Gasteiger partial charge is 0.159 e. The van der Waals surface area contributed by atoms with Crippen molar-refractivity contribution in [1.82, 2.24) is 0 Å². The molecule has 0 aromatic heterocycles. The van der Waals surface area contributed by atoms with Crippen molar-refractivity contribution in [1.29, 1.82) is 0 Å². The summed E-state index contributed by atoms with van der Waals surface area (Å²) in [6.45, 7) is 0. The SMILES string of the molecule is BrC1CSCCS1. The van der Waals surface area contributed by atoms with Gasteiger partial charge in [0.1, 0.15) is 0 Å². The van der Waals surface area contributed by atoms with Crippen molar-refractivity contribution < 1.29 is 0 Å². The molecule has 3 heteroatoms. The fraction of sp³-hybridized carbons (Fsp3) is 1.00. The first-order valence-electron chi connectivity index (χ1n) is 2.23. The second kappa shape index (κ2) is 3.25. The van der Waals surface area contributed by atoms with Gasteiger partial charge in [0.05, 0.1) is 4.16 Å². The van der Waals surface area contributed by atoms with Gasteiger partial charge in [-0.25, -0.2) is 0 Å². The summed E-state index contributed by atoms with van der Waals surface area (Å²) in [5.41, 5.74) is 0. The van der Waals surface area contributed by atoms with Crippen molar-refractivity contribution in [2.45, 2.75) is 4.16 Å². The molecular formula is C4H7BrS2. The van der Waals surface area contributed by atoms with Crippen LogP contribution in [0.5, 0.6) is 0 Å². The standard InChI is InChI=1S/C4H7BrS2/c5-4-3-6-1-2-7-4/h4H,1-3H2. The molecule has 0 aliphatic carbocycles. The van der Waals surface area contributed by atoms with Crippen molar-refractivity contribution >= 4 is 39.5 Å². The normalized spacial score (nSPS) is 33.0. The van der Waals surface area contributed by atoms with E-state index in [9.17, 15) is 0 Å². The maximum absolute atomic E-state index is 3.53. The molecule has 0 saturated carbocycles. The molecule has 0 amide bonds. The smallest absolute Gasteiger partial charge is 0.0690 e. The molecule has 1 saturated heterocycles. The number of hydrogen-bond donors (Lipinski definition) is 0. The van der Waals surface area contributed by atoms with Crippen LogP contribution in [-0.2, 0) is 0 Å². The van der Waals surface area contributed by atoms with Gasteiger partial charge in [-0.3, -0.25) is 0 Å². The third-order valence-corrected chi connectivity index (χ3v) is 4.82. The van der Waals surface area contributed by atoms with Gasteiger partial charge in [-0.15, -0.1) is 11.8 Å². The molecule has 1 fully saturated rings. The Hall–Kier alpha value is 1.18. The average molecular weight is 199 g/mol. The Morgan fingerprint density at radius 1 is 1.43 bits per heavy atom. The maximum Gasteiger partial charge on any atom is 0.0690 e. The monoisotopic (exact) mass is 198 g/mol. The van der Waals surface area contributed by atoms with Crippen molar-refractivity contribution in [2.75, 3.05) is 17.3 Å². The fourth-order valence-electron chi connectivity index (χ4n) is 0.459. The van der Waals surface area contributed by atoms with Gasteiger partial charge < -0.3 is 0 Å². The number of hydrogen-bond acceptors (Lipinski definition) is 2. The Morgan fingerprint density at radius 2 is 2.29 bits per heavy atom. The number of halogens is 1. The Morgan fingerprint density at radius 3 is 2.57 bits per heavy atom. The van der Waals surface area contributed by atoms with E-state index in [0.29, 0.717) is 0 Å². The zero-order valence-corrected chi connectivity index (χ0v) is 7.11. The van der Waals surface area contributed by atoms with Crippen LogP contribution in [0, 0.1) is 0 Å². The maximum atomic E-state index is 3.53. The van der Waals surface area contributed by atoms with E-state index in [-0.39, 0.29) is 0 Å². The summed E-state index contributed by atoms with van der Waals surface area (Å²) in [5.74, 6) is 3.94. The minimum Gasteiger partial charge on any atom is -0.159 e. The van der Waals surface area contributed by atoms with Crippen molar-refractivity contribution in [3.05, 3.63) is 0 Å². The predicted molar refractivity (Wildman–Crippen MR) is 42.5 cm³/mol. The Kier molecular flexibility index (Phi) is 2.93. The molecular weight excluding hydrogens is 192 g/mol. The molecule has 7 heavy (non-hydrogen) atoms. The number of alkyl halides is 1. The van der Waals surface area contributed by atoms with E-state index in [1.165, 1.54) is 17.3 Å². The zero-order valence-electron chi connectivity index (χ0n) is 3.89. The highest BCUT2D eigenvalue weighted by molar-refractivity contribution is 9.11. The molecule has 0 nitrogen and oxygen atoms in total. The lowest BCUT2D eigenvalue weighted by Gasteiger charge is -2.13. The molecule has 0 aromatic carbocycles. The molecule has 1 unspecified atom stereocenters. The van der Waals surface area contributed by atoms with Crippen LogP contribution in [0.15, 0.2) is 0 Å². The van der Waals surface area contributed by atoms with Crippen LogP contribution >= 0.6 is 39.5 Å². The summed E-state index contributed by atoms with van der Waals surface area (Å²) >= 11 is 7.58. The van der Waals surface area contributed by atoms with Crippen LogP contribution in [-0.4, -0.2) is 21.4 Å². The molecule has 0 N–H and O–H groups in total. The molecule has 1 rings (SSSR count). The second-order valence-corrected chi connectivity index (χ2v) is 5.53. The van der Waals surface area contributed by atoms with Gasteiger partial charge in [0.25, 0.3) is 0 Å². The lowest BCUT2D eigenvalue weighted by atomic mass is 10.9. The molecule has 1 atom stereocenters. The molecule has 0 bridgehead atoms. The third kappa shape index (κ3) is 2.29. The topological polar surface area (TPSA) is 0 Å². The quantitative estimate of drug-likeness (QED) is 0.548. The third-order valence-electron chi connectivity index (χ3n) is 0.775. The predicted octanol–water partition coefficient (Wildman–Crippen LogP) is 2.19. The van der Waals surface area contributed by atoms with Gasteiger partial charge in [0, 0.05) is 17.3 Å². The van der Waals surface area contributed by atoms with Crippen LogP contribution in [0.4, 0.5) is 0 Å². The molecule has 0 spiro atoms. The van der Waals surface area contributed by atoms with E-state index in [2.05, 4.69) is 15.9 Å². The van der Waals surface area contributed by atoms with E-state index < -0.39 is 0 Å². The lowest BCUT2D eigenvalue weighted by molar-refractivity contribution is 1.39. The summed E-state index contributed by atoms with van der Waals surface area (Å²) in [7, 11) is 0. The van der Waals surface area contributed by atoms with Crippen LogP contribution in [0.3, 0.4) is 0 Å². The van der Waals surface area contributed by atoms with Crippen LogP contribution < -0.4 is 0 Å². The van der Waals surface area contributed by atoms with Crippen molar-refractivity contribution in [3.63, 3.8) is 0 Å². The van der Waals surface area contributed by atoms with Crippen LogP contribution in [0.2, 0.25) is 0 Å². The zero-order chi connectivity index (χ0) is 5.11. The average Bonchev–Trinajstić information content (AvgIpc) is 1.69. The molecule has 0 radical (unpaired) electrons. The van der Waals surface area contributed by atoms with E-state index in [1.807, 2.05) is 23.5 Å². The van der Waals surface area contributed by atoms with Gasteiger partial charge in [-0.05, 0) is 0 Å². The number of thioether (sulfide) groups is 2. The van der Waals surface area contributed by atoms with E-state index in [0.717, 1.165) is 4.16 Å². The van der Waals surface area contributed by atoms with Gasteiger partial charge in [0.15, 0.2) is 0 Å². The second-order valence-electron chi connectivity index (χ2n) is 1.36. The van der Waals surface area contributed by atoms with Gasteiger partial charge in [-0.1, -0.05) is 15.9 Å². The van der Waals surface area contributed by atoms with E-state index in [1.54, 1.807) is 0 Å². The highest BCUT2D eigenvalue weighted by atomic mass is 79.9. The minimum absolute atomic E-state index is 0.728. The minimum atomic E-state index is 0.728. The summed E-state index contributed by atoms with van der Waals surface area (Å²) in [6.07, 6.45) is 0. The summed E-state index contributed by atoms with van der Waals surface area (Å²) in [4.78, 5) is 0. The van der Waals surface area contributed by atoms with Gasteiger partial charge in [-0.2, -0.15) is 11.8 Å². The Bertz CT molecular complexity index is 51.7. The van der Waals surface area contributed by atoms with Crippen LogP contribution in [0.1, 0.15) is 0 Å². The first-order valence-corrected chi connectivity index (χ1v) is 5.35. The first kappa shape index (κ1) is 6.30. The van der Waals surface area contributed by atoms with Crippen molar-refractivity contribution in [2.24, 2.45) is 0 Å². The fourth-order valence-corrected chi connectivity index (χ4v) is 3.72. The first-order chi connectivity index (χ1) is 3.39. The van der Waals surface area contributed by atoms with E-state index >= 15 is 0 Å². The van der Waals surface area contributed by atoms with E-state index in [4.69, 9.17) is 0 Å². The number of rotatable bonds is 0.